The van der Waals surface area contributed by atoms with Crippen molar-refractivity contribution in [2.75, 3.05) is 0 Å². The van der Waals surface area contributed by atoms with Crippen LogP contribution in [-0.2, 0) is 9.53 Å². The first-order valence-corrected chi connectivity index (χ1v) is 4.99. The highest BCUT2D eigenvalue weighted by Crippen LogP contribution is 2.09. The third-order valence-electron chi connectivity index (χ3n) is 2.09. The Morgan fingerprint density at radius 3 is 2.46 bits per heavy atom. The van der Waals surface area contributed by atoms with Crippen molar-refractivity contribution in [3.63, 3.8) is 0 Å². The molecular formula is C11H20O2. The molecule has 0 aromatic rings. The molecule has 0 aromatic carbocycles. The second kappa shape index (κ2) is 6.70. The van der Waals surface area contributed by atoms with E-state index < -0.39 is 0 Å². The van der Waals surface area contributed by atoms with Crippen LogP contribution in [0.1, 0.15) is 47.0 Å². The van der Waals surface area contributed by atoms with Gasteiger partial charge in [-0.15, -0.1) is 0 Å². The lowest BCUT2D eigenvalue weighted by atomic mass is 10.1. The minimum absolute atomic E-state index is 0.0902. The van der Waals surface area contributed by atoms with E-state index in [1.807, 2.05) is 13.8 Å². The number of allylic oxidation sites excluding steroid dienone is 1. The molecule has 76 valence electrons. The van der Waals surface area contributed by atoms with Crippen molar-refractivity contribution in [2.45, 2.75) is 53.1 Å². The lowest BCUT2D eigenvalue weighted by Gasteiger charge is -2.15. The third kappa shape index (κ3) is 4.71. The molecule has 0 heterocycles. The van der Waals surface area contributed by atoms with Crippen LogP contribution in [0.2, 0.25) is 0 Å². The highest BCUT2D eigenvalue weighted by atomic mass is 16.5. The zero-order valence-electron chi connectivity index (χ0n) is 9.09. The summed E-state index contributed by atoms with van der Waals surface area (Å²) in [5.74, 6) is -0.178. The fourth-order valence-electron chi connectivity index (χ4n) is 1.03. The van der Waals surface area contributed by atoms with E-state index in [0.29, 0.717) is 5.57 Å². The van der Waals surface area contributed by atoms with Gasteiger partial charge in [-0.3, -0.25) is 0 Å². The highest BCUT2D eigenvalue weighted by molar-refractivity contribution is 5.87. The van der Waals surface area contributed by atoms with Crippen LogP contribution in [0, 0.1) is 0 Å². The molecule has 0 aliphatic rings. The van der Waals surface area contributed by atoms with E-state index in [1.54, 1.807) is 13.0 Å². The molecule has 0 spiro atoms. The first kappa shape index (κ1) is 12.2. The maximum Gasteiger partial charge on any atom is 0.333 e. The molecule has 2 nitrogen and oxygen atoms in total. The summed E-state index contributed by atoms with van der Waals surface area (Å²) < 4.78 is 5.29. The first-order chi connectivity index (χ1) is 6.15. The molecule has 0 N–H and O–H groups in total. The number of carbonyl (C=O) groups is 1. The Kier molecular flexibility index (Phi) is 6.29. The number of ether oxygens (including phenoxy) is 1. The van der Waals surface area contributed by atoms with Crippen molar-refractivity contribution >= 4 is 5.97 Å². The van der Waals surface area contributed by atoms with Crippen molar-refractivity contribution in [1.82, 2.24) is 0 Å². The van der Waals surface area contributed by atoms with Crippen LogP contribution in [-0.4, -0.2) is 12.1 Å². The van der Waals surface area contributed by atoms with Gasteiger partial charge in [0.05, 0.1) is 0 Å². The Balaban J connectivity index is 4.01. The number of hydrogen-bond acceptors (Lipinski definition) is 2. The van der Waals surface area contributed by atoms with Crippen LogP contribution in [0.15, 0.2) is 11.6 Å². The molecule has 0 aliphatic heterocycles. The molecule has 2 heteroatoms. The van der Waals surface area contributed by atoms with Gasteiger partial charge in [0.1, 0.15) is 6.10 Å². The van der Waals surface area contributed by atoms with Gasteiger partial charge in [-0.05, 0) is 26.7 Å². The molecule has 1 atom stereocenters. The zero-order chi connectivity index (χ0) is 10.3. The fraction of sp³-hybridized carbons (Fsp3) is 0.727. The van der Waals surface area contributed by atoms with E-state index in [2.05, 4.69) is 6.92 Å². The molecule has 0 saturated carbocycles. The van der Waals surface area contributed by atoms with Gasteiger partial charge in [0.25, 0.3) is 0 Å². The van der Waals surface area contributed by atoms with Crippen LogP contribution < -0.4 is 0 Å². The average molecular weight is 184 g/mol. The molecule has 0 aliphatic carbocycles. The summed E-state index contributed by atoms with van der Waals surface area (Å²) in [6.45, 7) is 7.76. The quantitative estimate of drug-likeness (QED) is 0.485. The average Bonchev–Trinajstić information content (AvgIpc) is 2.15. The largest absolute Gasteiger partial charge is 0.459 e. The van der Waals surface area contributed by atoms with Crippen LogP contribution in [0.4, 0.5) is 0 Å². The van der Waals surface area contributed by atoms with E-state index in [-0.39, 0.29) is 12.1 Å². The molecule has 0 radical (unpaired) electrons. The highest BCUT2D eigenvalue weighted by Gasteiger charge is 2.11. The standard InChI is InChI=1S/C11H20O2/c1-5-8-10(7-3)13-11(12)9(4)6-2/h6,10H,5,7-8H2,1-4H3/b9-6-. The fourth-order valence-corrected chi connectivity index (χ4v) is 1.03. The number of rotatable bonds is 5. The summed E-state index contributed by atoms with van der Waals surface area (Å²) in [5, 5.41) is 0. The van der Waals surface area contributed by atoms with E-state index in [9.17, 15) is 4.79 Å². The summed E-state index contributed by atoms with van der Waals surface area (Å²) in [6, 6.07) is 0. The zero-order valence-corrected chi connectivity index (χ0v) is 9.09. The minimum atomic E-state index is -0.178. The molecule has 0 rings (SSSR count). The molecule has 0 amide bonds. The maximum absolute atomic E-state index is 11.3. The van der Waals surface area contributed by atoms with Crippen LogP contribution in [0.25, 0.3) is 0 Å². The van der Waals surface area contributed by atoms with Gasteiger partial charge in [-0.25, -0.2) is 4.79 Å². The minimum Gasteiger partial charge on any atom is -0.459 e. The Bertz CT molecular complexity index is 183. The van der Waals surface area contributed by atoms with Gasteiger partial charge in [0.2, 0.25) is 0 Å². The van der Waals surface area contributed by atoms with Gasteiger partial charge >= 0.3 is 5.97 Å². The summed E-state index contributed by atoms with van der Waals surface area (Å²) >= 11 is 0. The first-order valence-electron chi connectivity index (χ1n) is 4.99. The number of carbonyl (C=O) groups excluding carboxylic acids is 1. The Labute approximate surface area is 81.0 Å². The lowest BCUT2D eigenvalue weighted by Crippen LogP contribution is -2.17. The van der Waals surface area contributed by atoms with E-state index in [4.69, 9.17) is 4.74 Å². The van der Waals surface area contributed by atoms with Gasteiger partial charge in [-0.2, -0.15) is 0 Å². The predicted octanol–water partition coefficient (Wildman–Crippen LogP) is 3.07. The second-order valence-corrected chi connectivity index (χ2v) is 3.20. The SMILES string of the molecule is C/C=C(/C)C(=O)OC(CC)CCC. The van der Waals surface area contributed by atoms with E-state index in [0.717, 1.165) is 19.3 Å². The Hall–Kier alpha value is -0.790. The van der Waals surface area contributed by atoms with E-state index in [1.165, 1.54) is 0 Å². The van der Waals surface area contributed by atoms with Crippen LogP contribution in [0.3, 0.4) is 0 Å². The van der Waals surface area contributed by atoms with Crippen molar-refractivity contribution in [2.24, 2.45) is 0 Å². The van der Waals surface area contributed by atoms with Gasteiger partial charge in [0, 0.05) is 5.57 Å². The summed E-state index contributed by atoms with van der Waals surface area (Å²) in [6.07, 6.45) is 4.78. The smallest absolute Gasteiger partial charge is 0.333 e. The molecule has 0 fully saturated rings. The van der Waals surface area contributed by atoms with E-state index >= 15 is 0 Å². The molecule has 0 aromatic heterocycles. The number of hydrogen-bond donors (Lipinski definition) is 0. The van der Waals surface area contributed by atoms with Crippen LogP contribution in [0.5, 0.6) is 0 Å². The van der Waals surface area contributed by atoms with Crippen molar-refractivity contribution in [3.05, 3.63) is 11.6 Å². The molecule has 1 unspecified atom stereocenters. The summed E-state index contributed by atoms with van der Waals surface area (Å²) in [5.41, 5.74) is 0.689. The molecule has 0 bridgehead atoms. The van der Waals surface area contributed by atoms with Crippen molar-refractivity contribution in [1.29, 1.82) is 0 Å². The Morgan fingerprint density at radius 1 is 1.46 bits per heavy atom. The topological polar surface area (TPSA) is 26.3 Å². The number of esters is 1. The molecule has 0 saturated heterocycles. The van der Waals surface area contributed by atoms with Gasteiger partial charge < -0.3 is 4.74 Å². The summed E-state index contributed by atoms with van der Waals surface area (Å²) in [7, 11) is 0. The maximum atomic E-state index is 11.3. The van der Waals surface area contributed by atoms with Crippen LogP contribution >= 0.6 is 0 Å². The van der Waals surface area contributed by atoms with Crippen molar-refractivity contribution in [3.8, 4) is 0 Å². The monoisotopic (exact) mass is 184 g/mol. The normalized spacial score (nSPS) is 14.0. The summed E-state index contributed by atoms with van der Waals surface area (Å²) in [4.78, 5) is 11.3. The third-order valence-corrected chi connectivity index (χ3v) is 2.09. The Morgan fingerprint density at radius 2 is 2.08 bits per heavy atom. The molecular weight excluding hydrogens is 164 g/mol. The van der Waals surface area contributed by atoms with Gasteiger partial charge in [-0.1, -0.05) is 26.3 Å². The lowest BCUT2D eigenvalue weighted by molar-refractivity contribution is -0.144. The second-order valence-electron chi connectivity index (χ2n) is 3.20. The van der Waals surface area contributed by atoms with Crippen molar-refractivity contribution < 1.29 is 9.53 Å². The van der Waals surface area contributed by atoms with Gasteiger partial charge in [0.15, 0.2) is 0 Å². The predicted molar refractivity (Wildman–Crippen MR) is 54.5 cm³/mol. The molecule has 13 heavy (non-hydrogen) atoms.